The first-order chi connectivity index (χ1) is 8.65. The van der Waals surface area contributed by atoms with Gasteiger partial charge in [-0.15, -0.1) is 0 Å². The number of methoxy groups -OCH3 is 1. The van der Waals surface area contributed by atoms with Crippen LogP contribution in [0.25, 0.3) is 0 Å². The third-order valence-corrected chi connectivity index (χ3v) is 3.58. The number of nitrogen functional groups attached to an aromatic ring is 1. The van der Waals surface area contributed by atoms with Crippen LogP contribution in [-0.4, -0.2) is 31.2 Å². The molecule has 0 aliphatic heterocycles. The molecule has 5 nitrogen and oxygen atoms in total. The van der Waals surface area contributed by atoms with E-state index in [-0.39, 0.29) is 0 Å². The summed E-state index contributed by atoms with van der Waals surface area (Å²) in [5.41, 5.74) is 6.81. The SMILES string of the molecule is COC(=O)c1ccnc(N(C)C2CCCC2)c1N. The molecule has 0 saturated heterocycles. The van der Waals surface area contributed by atoms with Gasteiger partial charge in [-0.05, 0) is 18.9 Å². The Kier molecular flexibility index (Phi) is 3.69. The van der Waals surface area contributed by atoms with Gasteiger partial charge in [-0.1, -0.05) is 12.8 Å². The maximum atomic E-state index is 11.6. The van der Waals surface area contributed by atoms with Gasteiger partial charge in [-0.25, -0.2) is 9.78 Å². The number of carbonyl (C=O) groups is 1. The molecule has 5 heteroatoms. The lowest BCUT2D eigenvalue weighted by molar-refractivity contribution is 0.0602. The number of aromatic nitrogens is 1. The van der Waals surface area contributed by atoms with E-state index in [1.165, 1.54) is 20.0 Å². The van der Waals surface area contributed by atoms with Crippen molar-refractivity contribution in [3.8, 4) is 0 Å². The van der Waals surface area contributed by atoms with Crippen LogP contribution in [0, 0.1) is 0 Å². The molecule has 1 saturated carbocycles. The molecule has 2 N–H and O–H groups in total. The summed E-state index contributed by atoms with van der Waals surface area (Å²) in [6.07, 6.45) is 6.39. The van der Waals surface area contributed by atoms with Crippen LogP contribution in [0.2, 0.25) is 0 Å². The fraction of sp³-hybridized carbons (Fsp3) is 0.538. The third-order valence-electron chi connectivity index (χ3n) is 3.58. The van der Waals surface area contributed by atoms with Gasteiger partial charge in [0, 0.05) is 19.3 Å². The number of ether oxygens (including phenoxy) is 1. The van der Waals surface area contributed by atoms with E-state index in [1.807, 2.05) is 7.05 Å². The molecule has 1 aliphatic rings. The zero-order valence-corrected chi connectivity index (χ0v) is 10.8. The molecular formula is C13H19N3O2. The Bertz CT molecular complexity index is 442. The number of rotatable bonds is 3. The molecule has 18 heavy (non-hydrogen) atoms. The lowest BCUT2D eigenvalue weighted by atomic mass is 10.1. The maximum absolute atomic E-state index is 11.6. The van der Waals surface area contributed by atoms with Crippen molar-refractivity contribution in [2.24, 2.45) is 0 Å². The van der Waals surface area contributed by atoms with Crippen molar-refractivity contribution in [2.45, 2.75) is 31.7 Å². The molecule has 0 unspecified atom stereocenters. The molecule has 98 valence electrons. The van der Waals surface area contributed by atoms with E-state index in [1.54, 1.807) is 12.3 Å². The fourth-order valence-electron chi connectivity index (χ4n) is 2.50. The van der Waals surface area contributed by atoms with E-state index >= 15 is 0 Å². The maximum Gasteiger partial charge on any atom is 0.340 e. The number of hydrogen-bond acceptors (Lipinski definition) is 5. The largest absolute Gasteiger partial charge is 0.465 e. The molecule has 2 rings (SSSR count). The first-order valence-corrected chi connectivity index (χ1v) is 6.20. The highest BCUT2D eigenvalue weighted by atomic mass is 16.5. The Hall–Kier alpha value is -1.78. The van der Waals surface area contributed by atoms with Crippen LogP contribution in [0.5, 0.6) is 0 Å². The van der Waals surface area contributed by atoms with Crippen LogP contribution in [0.1, 0.15) is 36.0 Å². The molecule has 0 radical (unpaired) electrons. The molecule has 1 aromatic rings. The monoisotopic (exact) mass is 249 g/mol. The Morgan fingerprint density at radius 2 is 2.17 bits per heavy atom. The molecule has 1 heterocycles. The number of nitrogens with two attached hydrogens (primary N) is 1. The van der Waals surface area contributed by atoms with Gasteiger partial charge in [0.25, 0.3) is 0 Å². The minimum absolute atomic E-state index is 0.382. The van der Waals surface area contributed by atoms with Crippen molar-refractivity contribution in [1.82, 2.24) is 4.98 Å². The lowest BCUT2D eigenvalue weighted by Crippen LogP contribution is -2.30. The second kappa shape index (κ2) is 5.25. The number of esters is 1. The molecule has 0 atom stereocenters. The summed E-state index contributed by atoms with van der Waals surface area (Å²) in [4.78, 5) is 18.0. The number of pyridine rings is 1. The average Bonchev–Trinajstić information content (AvgIpc) is 2.91. The summed E-state index contributed by atoms with van der Waals surface area (Å²) in [7, 11) is 3.33. The van der Waals surface area contributed by atoms with E-state index < -0.39 is 5.97 Å². The minimum Gasteiger partial charge on any atom is -0.465 e. The molecular weight excluding hydrogens is 230 g/mol. The van der Waals surface area contributed by atoms with E-state index in [0.29, 0.717) is 23.1 Å². The Labute approximate surface area is 107 Å². The summed E-state index contributed by atoms with van der Waals surface area (Å²) < 4.78 is 4.71. The Morgan fingerprint density at radius 1 is 1.50 bits per heavy atom. The predicted octanol–water partition coefficient (Wildman–Crippen LogP) is 1.83. The van der Waals surface area contributed by atoms with E-state index in [0.717, 1.165) is 12.8 Å². The summed E-state index contributed by atoms with van der Waals surface area (Å²) in [5.74, 6) is 0.251. The predicted molar refractivity (Wildman–Crippen MR) is 70.6 cm³/mol. The molecule has 1 aromatic heterocycles. The molecule has 0 amide bonds. The smallest absolute Gasteiger partial charge is 0.340 e. The molecule has 0 aromatic carbocycles. The quantitative estimate of drug-likeness (QED) is 0.828. The van der Waals surface area contributed by atoms with Crippen molar-refractivity contribution in [3.63, 3.8) is 0 Å². The summed E-state index contributed by atoms with van der Waals surface area (Å²) in [6, 6.07) is 2.06. The van der Waals surface area contributed by atoms with Gasteiger partial charge < -0.3 is 15.4 Å². The third kappa shape index (κ3) is 2.25. The number of carbonyl (C=O) groups excluding carboxylic acids is 1. The van der Waals surface area contributed by atoms with Gasteiger partial charge in [-0.3, -0.25) is 0 Å². The van der Waals surface area contributed by atoms with Gasteiger partial charge in [0.15, 0.2) is 5.82 Å². The molecule has 1 fully saturated rings. The van der Waals surface area contributed by atoms with Gasteiger partial charge in [0.2, 0.25) is 0 Å². The highest BCUT2D eigenvalue weighted by molar-refractivity contribution is 5.97. The van der Waals surface area contributed by atoms with Crippen LogP contribution in [0.3, 0.4) is 0 Å². The summed E-state index contributed by atoms with van der Waals surface area (Å²) in [5, 5.41) is 0. The van der Waals surface area contributed by atoms with E-state index in [4.69, 9.17) is 10.5 Å². The highest BCUT2D eigenvalue weighted by Gasteiger charge is 2.24. The van der Waals surface area contributed by atoms with Crippen LogP contribution < -0.4 is 10.6 Å². The minimum atomic E-state index is -0.420. The standard InChI is InChI=1S/C13H19N3O2/c1-16(9-5-3-4-6-9)12-11(14)10(7-8-15-12)13(17)18-2/h7-9H,3-6,14H2,1-2H3. The van der Waals surface area contributed by atoms with Gasteiger partial charge in [0.05, 0.1) is 18.4 Å². The number of hydrogen-bond donors (Lipinski definition) is 1. The zero-order chi connectivity index (χ0) is 13.1. The van der Waals surface area contributed by atoms with E-state index in [9.17, 15) is 4.79 Å². The Morgan fingerprint density at radius 3 is 2.78 bits per heavy atom. The summed E-state index contributed by atoms with van der Waals surface area (Å²) >= 11 is 0. The molecule has 0 bridgehead atoms. The van der Waals surface area contributed by atoms with E-state index in [2.05, 4.69) is 9.88 Å². The first kappa shape index (κ1) is 12.7. The topological polar surface area (TPSA) is 68.5 Å². The number of nitrogens with zero attached hydrogens (tertiary/aromatic N) is 2. The number of anilines is 2. The van der Waals surface area contributed by atoms with Crippen molar-refractivity contribution in [1.29, 1.82) is 0 Å². The van der Waals surface area contributed by atoms with Gasteiger partial charge in [-0.2, -0.15) is 0 Å². The van der Waals surface area contributed by atoms with Crippen molar-refractivity contribution < 1.29 is 9.53 Å². The first-order valence-electron chi connectivity index (χ1n) is 6.20. The molecule has 0 spiro atoms. The summed E-state index contributed by atoms with van der Waals surface area (Å²) in [6.45, 7) is 0. The van der Waals surface area contributed by atoms with Crippen molar-refractivity contribution in [3.05, 3.63) is 17.8 Å². The van der Waals surface area contributed by atoms with Crippen LogP contribution >= 0.6 is 0 Å². The van der Waals surface area contributed by atoms with Crippen LogP contribution in [-0.2, 0) is 4.74 Å². The van der Waals surface area contributed by atoms with Crippen molar-refractivity contribution >= 4 is 17.5 Å². The van der Waals surface area contributed by atoms with Gasteiger partial charge in [0.1, 0.15) is 0 Å². The average molecular weight is 249 g/mol. The van der Waals surface area contributed by atoms with Gasteiger partial charge >= 0.3 is 5.97 Å². The molecule has 1 aliphatic carbocycles. The van der Waals surface area contributed by atoms with Crippen molar-refractivity contribution in [2.75, 3.05) is 24.8 Å². The van der Waals surface area contributed by atoms with Crippen LogP contribution in [0.4, 0.5) is 11.5 Å². The zero-order valence-electron chi connectivity index (χ0n) is 10.8. The second-order valence-electron chi connectivity index (χ2n) is 4.64. The highest BCUT2D eigenvalue weighted by Crippen LogP contribution is 2.30. The Balaban J connectivity index is 2.30. The lowest BCUT2D eigenvalue weighted by Gasteiger charge is -2.26. The normalized spacial score (nSPS) is 15.7. The van der Waals surface area contributed by atoms with Crippen LogP contribution in [0.15, 0.2) is 12.3 Å². The fourth-order valence-corrected chi connectivity index (χ4v) is 2.50. The second-order valence-corrected chi connectivity index (χ2v) is 4.64.